The normalized spacial score (nSPS) is 13.4. The summed E-state index contributed by atoms with van der Waals surface area (Å²) >= 11 is 0. The van der Waals surface area contributed by atoms with Crippen LogP contribution in [0.25, 0.3) is 22.5 Å². The fourth-order valence-corrected chi connectivity index (χ4v) is 4.24. The number of nitrogens with one attached hydrogen (secondary N) is 1. The van der Waals surface area contributed by atoms with Crippen molar-refractivity contribution in [1.82, 2.24) is 30.4 Å². The molecule has 1 aliphatic rings. The summed E-state index contributed by atoms with van der Waals surface area (Å²) in [6.07, 6.45) is 3.51. The summed E-state index contributed by atoms with van der Waals surface area (Å²) in [4.78, 5) is 12.1. The van der Waals surface area contributed by atoms with Gasteiger partial charge in [0.25, 0.3) is 0 Å². The first-order valence-electron chi connectivity index (χ1n) is 10.9. The van der Waals surface area contributed by atoms with Gasteiger partial charge in [-0.3, -0.25) is 4.68 Å². The number of aromatic carboxylic acids is 1. The summed E-state index contributed by atoms with van der Waals surface area (Å²) in [5.41, 5.74) is 5.91. The van der Waals surface area contributed by atoms with Gasteiger partial charge in [-0.15, -0.1) is 10.2 Å². The average Bonchev–Trinajstić information content (AvgIpc) is 3.36. The minimum atomic E-state index is -0.880. The van der Waals surface area contributed by atoms with Crippen molar-refractivity contribution in [2.24, 2.45) is 0 Å². The Morgan fingerprint density at radius 3 is 2.50 bits per heavy atom. The lowest BCUT2D eigenvalue weighted by Crippen LogP contribution is -2.07. The van der Waals surface area contributed by atoms with Crippen LogP contribution in [0, 0.1) is 0 Å². The van der Waals surface area contributed by atoms with E-state index in [4.69, 9.17) is 5.10 Å². The molecular weight excluding hydrogens is 404 g/mol. The van der Waals surface area contributed by atoms with Gasteiger partial charge in [-0.1, -0.05) is 55.5 Å². The van der Waals surface area contributed by atoms with Gasteiger partial charge in [0.15, 0.2) is 0 Å². The van der Waals surface area contributed by atoms with E-state index in [0.29, 0.717) is 29.4 Å². The van der Waals surface area contributed by atoms with Crippen molar-refractivity contribution in [3.05, 3.63) is 71.0 Å². The third-order valence-electron chi connectivity index (χ3n) is 5.83. The summed E-state index contributed by atoms with van der Waals surface area (Å²) in [6.45, 7) is 2.83. The molecule has 0 aliphatic heterocycles. The number of hydrogen-bond donors (Lipinski definition) is 2. The van der Waals surface area contributed by atoms with E-state index in [-0.39, 0.29) is 0 Å². The number of hydrogen-bond acceptors (Lipinski definition) is 5. The number of H-pyrrole nitrogens is 1. The van der Waals surface area contributed by atoms with Gasteiger partial charge in [-0.05, 0) is 41.2 Å². The molecule has 2 heterocycles. The van der Waals surface area contributed by atoms with Crippen LogP contribution in [-0.4, -0.2) is 41.5 Å². The lowest BCUT2D eigenvalue weighted by molar-refractivity contribution is 0.0694. The van der Waals surface area contributed by atoms with Gasteiger partial charge < -0.3 is 5.11 Å². The molecule has 0 bridgehead atoms. The Balaban J connectivity index is 1.46. The molecule has 8 nitrogen and oxygen atoms in total. The van der Waals surface area contributed by atoms with Gasteiger partial charge >= 0.3 is 5.97 Å². The molecule has 0 unspecified atom stereocenters. The van der Waals surface area contributed by atoms with Gasteiger partial charge in [0, 0.05) is 24.4 Å². The zero-order valence-corrected chi connectivity index (χ0v) is 17.8. The predicted octanol–water partition coefficient (Wildman–Crippen LogP) is 4.31. The number of tetrazole rings is 1. The van der Waals surface area contributed by atoms with Crippen LogP contribution >= 0.6 is 0 Å². The molecule has 2 aromatic heterocycles. The number of aromatic amines is 1. The third-order valence-corrected chi connectivity index (χ3v) is 5.83. The Morgan fingerprint density at radius 2 is 1.88 bits per heavy atom. The van der Waals surface area contributed by atoms with Crippen LogP contribution in [0.5, 0.6) is 0 Å². The van der Waals surface area contributed by atoms with E-state index < -0.39 is 5.97 Å². The van der Waals surface area contributed by atoms with Gasteiger partial charge in [0.2, 0.25) is 5.82 Å². The average molecular weight is 428 g/mol. The van der Waals surface area contributed by atoms with Crippen molar-refractivity contribution in [1.29, 1.82) is 0 Å². The predicted molar refractivity (Wildman–Crippen MR) is 119 cm³/mol. The number of carbonyl (C=O) groups is 1. The zero-order valence-electron chi connectivity index (χ0n) is 17.8. The molecule has 2 N–H and O–H groups in total. The maximum Gasteiger partial charge on any atom is 0.339 e. The first kappa shape index (κ1) is 20.1. The number of nitrogens with zero attached hydrogens (tertiary/aromatic N) is 5. The molecule has 162 valence electrons. The molecule has 1 aliphatic carbocycles. The van der Waals surface area contributed by atoms with E-state index in [1.54, 1.807) is 0 Å². The van der Waals surface area contributed by atoms with Gasteiger partial charge in [-0.2, -0.15) is 10.3 Å². The van der Waals surface area contributed by atoms with Crippen LogP contribution in [0.4, 0.5) is 0 Å². The van der Waals surface area contributed by atoms with Gasteiger partial charge in [0.05, 0.1) is 11.4 Å². The van der Waals surface area contributed by atoms with Crippen molar-refractivity contribution in [2.75, 3.05) is 0 Å². The second-order valence-corrected chi connectivity index (χ2v) is 8.16. The molecule has 1 saturated carbocycles. The first-order valence-corrected chi connectivity index (χ1v) is 10.9. The lowest BCUT2D eigenvalue weighted by Gasteiger charge is -2.08. The second kappa shape index (κ2) is 8.37. The van der Waals surface area contributed by atoms with Crippen LogP contribution in [0.3, 0.4) is 0 Å². The molecule has 0 atom stereocenters. The van der Waals surface area contributed by atoms with Crippen LogP contribution in [0.2, 0.25) is 0 Å². The quantitative estimate of drug-likeness (QED) is 0.433. The molecular formula is C24H24N6O2. The van der Waals surface area contributed by atoms with Crippen molar-refractivity contribution in [2.45, 2.75) is 45.1 Å². The Morgan fingerprint density at radius 1 is 1.12 bits per heavy atom. The topological polar surface area (TPSA) is 110 Å². The van der Waals surface area contributed by atoms with Crippen molar-refractivity contribution < 1.29 is 9.90 Å². The Kier molecular flexibility index (Phi) is 5.26. The maximum atomic E-state index is 12.1. The third kappa shape index (κ3) is 3.79. The maximum absolute atomic E-state index is 12.1. The smallest absolute Gasteiger partial charge is 0.339 e. The Bertz CT molecular complexity index is 1240. The zero-order chi connectivity index (χ0) is 22.1. The molecule has 8 heteroatoms. The van der Waals surface area contributed by atoms with E-state index in [2.05, 4.69) is 27.5 Å². The van der Waals surface area contributed by atoms with Crippen molar-refractivity contribution >= 4 is 5.97 Å². The molecule has 0 radical (unpaired) electrons. The van der Waals surface area contributed by atoms with E-state index >= 15 is 0 Å². The number of benzene rings is 2. The van der Waals surface area contributed by atoms with Crippen LogP contribution in [0.1, 0.15) is 59.4 Å². The molecule has 0 spiro atoms. The van der Waals surface area contributed by atoms with E-state index in [9.17, 15) is 9.90 Å². The highest BCUT2D eigenvalue weighted by Crippen LogP contribution is 2.43. The number of carboxylic acids is 1. The van der Waals surface area contributed by atoms with E-state index in [1.807, 2.05) is 53.2 Å². The molecule has 2 aromatic carbocycles. The number of aromatic nitrogens is 6. The van der Waals surface area contributed by atoms with Gasteiger partial charge in [-0.25, -0.2) is 4.79 Å². The summed E-state index contributed by atoms with van der Waals surface area (Å²) in [7, 11) is 0. The largest absolute Gasteiger partial charge is 0.478 e. The van der Waals surface area contributed by atoms with Gasteiger partial charge in [0.1, 0.15) is 5.56 Å². The van der Waals surface area contributed by atoms with Crippen molar-refractivity contribution in [3.8, 4) is 22.5 Å². The highest BCUT2D eigenvalue weighted by Gasteiger charge is 2.34. The molecule has 0 amide bonds. The molecule has 4 aromatic rings. The summed E-state index contributed by atoms with van der Waals surface area (Å²) in [5, 5.41) is 29.0. The van der Waals surface area contributed by atoms with Crippen LogP contribution in [0.15, 0.2) is 48.5 Å². The van der Waals surface area contributed by atoms with Crippen LogP contribution < -0.4 is 0 Å². The molecule has 0 saturated heterocycles. The minimum Gasteiger partial charge on any atom is -0.478 e. The highest BCUT2D eigenvalue weighted by molar-refractivity contribution is 5.91. The Hall–Kier alpha value is -3.81. The number of rotatable bonds is 8. The summed E-state index contributed by atoms with van der Waals surface area (Å²) < 4.78 is 1.92. The summed E-state index contributed by atoms with van der Waals surface area (Å²) in [6, 6.07) is 16.1. The fourth-order valence-electron chi connectivity index (χ4n) is 4.24. The van der Waals surface area contributed by atoms with Crippen molar-refractivity contribution in [3.63, 3.8) is 0 Å². The molecule has 32 heavy (non-hydrogen) atoms. The second-order valence-electron chi connectivity index (χ2n) is 8.16. The number of aryl methyl sites for hydroxylation is 1. The molecule has 5 rings (SSSR count). The highest BCUT2D eigenvalue weighted by atomic mass is 16.4. The van der Waals surface area contributed by atoms with Crippen LogP contribution in [-0.2, 0) is 13.0 Å². The first-order chi connectivity index (χ1) is 15.7. The summed E-state index contributed by atoms with van der Waals surface area (Å²) in [5.74, 6) is -0.00215. The monoisotopic (exact) mass is 428 g/mol. The number of carboxylic acid groups (broad SMARTS) is 1. The Labute approximate surface area is 185 Å². The lowest BCUT2D eigenvalue weighted by atomic mass is 9.97. The van der Waals surface area contributed by atoms with E-state index in [1.165, 1.54) is 0 Å². The molecule has 1 fully saturated rings. The minimum absolute atomic E-state index is 0.331. The standard InChI is InChI=1S/C24H24N6O2/c1-2-13-30-22(17-11-12-17)21(24(31)32)20(27-30)14-15-7-9-16(10-8-15)18-5-3-4-6-19(18)23-25-28-29-26-23/h3-10,17H,2,11-14H2,1H3,(H,31,32)(H,25,26,28,29). The fraction of sp³-hybridized carbons (Fsp3) is 0.292. The van der Waals surface area contributed by atoms with E-state index in [0.717, 1.165) is 53.8 Å². The SMILES string of the molecule is CCCn1nc(Cc2ccc(-c3ccccc3-c3nn[nH]n3)cc2)c(C(=O)O)c1C1CC1.